The number of nitrogens with one attached hydrogen (secondary N) is 1. The summed E-state index contributed by atoms with van der Waals surface area (Å²) in [6, 6.07) is 22.7. The molecule has 2 amide bonds. The van der Waals surface area contributed by atoms with Crippen LogP contribution in [0.15, 0.2) is 72.8 Å². The Bertz CT molecular complexity index is 1120. The summed E-state index contributed by atoms with van der Waals surface area (Å²) in [5, 5.41) is 3.93. The molecule has 3 aromatic rings. The highest BCUT2D eigenvalue weighted by Gasteiger charge is 2.30. The molecule has 3 aromatic carbocycles. The lowest BCUT2D eigenvalue weighted by Gasteiger charge is -2.31. The van der Waals surface area contributed by atoms with Crippen LogP contribution in [-0.4, -0.2) is 35.1 Å². The first-order chi connectivity index (χ1) is 16.9. The molecule has 0 radical (unpaired) electrons. The van der Waals surface area contributed by atoms with E-state index in [1.807, 2.05) is 80.6 Å². The smallest absolute Gasteiger partial charge is 0.243 e. The van der Waals surface area contributed by atoms with Crippen LogP contribution in [-0.2, 0) is 28.3 Å². The van der Waals surface area contributed by atoms with Crippen LogP contribution in [0.5, 0.6) is 0 Å². The highest BCUT2D eigenvalue weighted by atomic mass is 35.5. The third-order valence-corrected chi connectivity index (χ3v) is 7.30. The Labute approximate surface area is 222 Å². The van der Waals surface area contributed by atoms with E-state index in [1.165, 1.54) is 11.8 Å². The van der Waals surface area contributed by atoms with Gasteiger partial charge in [0.05, 0.1) is 15.8 Å². The minimum absolute atomic E-state index is 0.0807. The van der Waals surface area contributed by atoms with Crippen LogP contribution in [0.4, 0.5) is 0 Å². The van der Waals surface area contributed by atoms with E-state index in [0.717, 1.165) is 22.3 Å². The number of aryl methyl sites for hydroxylation is 1. The summed E-state index contributed by atoms with van der Waals surface area (Å²) in [5.41, 5.74) is 4.13. The van der Waals surface area contributed by atoms with Gasteiger partial charge >= 0.3 is 0 Å². The highest BCUT2D eigenvalue weighted by molar-refractivity contribution is 7.99. The number of thioether (sulfide) groups is 1. The van der Waals surface area contributed by atoms with Crippen LogP contribution in [0.1, 0.15) is 29.2 Å². The van der Waals surface area contributed by atoms with Gasteiger partial charge in [-0.15, -0.1) is 11.8 Å². The average molecular weight is 530 g/mol. The van der Waals surface area contributed by atoms with Gasteiger partial charge in [0.2, 0.25) is 11.8 Å². The lowest BCUT2D eigenvalue weighted by atomic mass is 10.0. The number of amides is 2. The molecule has 3 rings (SSSR count). The van der Waals surface area contributed by atoms with Crippen LogP contribution < -0.4 is 5.32 Å². The zero-order chi connectivity index (χ0) is 25.2. The van der Waals surface area contributed by atoms with Gasteiger partial charge in [0.15, 0.2) is 0 Å². The van der Waals surface area contributed by atoms with Crippen molar-refractivity contribution in [1.29, 1.82) is 0 Å². The minimum atomic E-state index is -0.614. The van der Waals surface area contributed by atoms with Gasteiger partial charge in [0.25, 0.3) is 0 Å². The fourth-order valence-electron chi connectivity index (χ4n) is 3.70. The van der Waals surface area contributed by atoms with Crippen molar-refractivity contribution in [2.24, 2.45) is 0 Å². The lowest BCUT2D eigenvalue weighted by molar-refractivity contribution is -0.139. The Morgan fingerprint density at radius 2 is 1.60 bits per heavy atom. The molecule has 0 saturated heterocycles. The van der Waals surface area contributed by atoms with Crippen LogP contribution in [0.25, 0.3) is 0 Å². The molecule has 0 heterocycles. The highest BCUT2D eigenvalue weighted by Crippen LogP contribution is 2.25. The van der Waals surface area contributed by atoms with Crippen molar-refractivity contribution in [3.05, 3.63) is 105 Å². The number of carbonyl (C=O) groups is 2. The molecule has 7 heteroatoms. The first kappa shape index (κ1) is 27.1. The van der Waals surface area contributed by atoms with Crippen LogP contribution in [0.3, 0.4) is 0 Å². The fourth-order valence-corrected chi connectivity index (χ4v) is 4.88. The molecule has 4 nitrogen and oxygen atoms in total. The largest absolute Gasteiger partial charge is 0.355 e. The van der Waals surface area contributed by atoms with E-state index in [0.29, 0.717) is 35.3 Å². The second-order valence-electron chi connectivity index (χ2n) is 8.35. The van der Waals surface area contributed by atoms with E-state index in [-0.39, 0.29) is 17.6 Å². The van der Waals surface area contributed by atoms with Crippen molar-refractivity contribution in [3.8, 4) is 0 Å². The maximum Gasteiger partial charge on any atom is 0.243 e. The second-order valence-corrected chi connectivity index (χ2v) is 10.1. The molecule has 1 N–H and O–H groups in total. The topological polar surface area (TPSA) is 49.4 Å². The summed E-state index contributed by atoms with van der Waals surface area (Å²) in [6.45, 7) is 4.78. The van der Waals surface area contributed by atoms with Crippen LogP contribution in [0.2, 0.25) is 10.0 Å². The Hall–Kier alpha value is -2.47. The third kappa shape index (κ3) is 8.31. The van der Waals surface area contributed by atoms with Crippen molar-refractivity contribution in [2.45, 2.75) is 38.6 Å². The average Bonchev–Trinajstić information content (AvgIpc) is 2.85. The van der Waals surface area contributed by atoms with Crippen molar-refractivity contribution in [2.75, 3.05) is 12.3 Å². The van der Waals surface area contributed by atoms with E-state index < -0.39 is 6.04 Å². The SMILES string of the molecule is CCNC(=O)[C@@H](Cc1ccccc1)N(Cc1ccc(C)cc1)C(=O)CSCc1ccc(Cl)c(Cl)c1. The van der Waals surface area contributed by atoms with Crippen molar-refractivity contribution < 1.29 is 9.59 Å². The molecular formula is C28H30Cl2N2O2S. The van der Waals surface area contributed by atoms with E-state index in [4.69, 9.17) is 23.2 Å². The molecule has 0 aliphatic heterocycles. The number of likely N-dealkylation sites (N-methyl/N-ethyl adjacent to an activating group) is 1. The summed E-state index contributed by atoms with van der Waals surface area (Å²) < 4.78 is 0. The molecule has 0 aliphatic carbocycles. The number of hydrogen-bond donors (Lipinski definition) is 1. The van der Waals surface area contributed by atoms with Gasteiger partial charge in [0, 0.05) is 25.3 Å². The van der Waals surface area contributed by atoms with Gasteiger partial charge in [-0.1, -0.05) is 89.4 Å². The van der Waals surface area contributed by atoms with Gasteiger partial charge in [-0.25, -0.2) is 0 Å². The zero-order valence-electron chi connectivity index (χ0n) is 20.0. The first-order valence-electron chi connectivity index (χ1n) is 11.6. The summed E-state index contributed by atoms with van der Waals surface area (Å²) in [4.78, 5) is 28.4. The Balaban J connectivity index is 1.81. The van der Waals surface area contributed by atoms with Gasteiger partial charge in [-0.05, 0) is 42.7 Å². The van der Waals surface area contributed by atoms with Gasteiger partial charge in [-0.2, -0.15) is 0 Å². The maximum atomic E-state index is 13.5. The van der Waals surface area contributed by atoms with Gasteiger partial charge in [-0.3, -0.25) is 9.59 Å². The van der Waals surface area contributed by atoms with E-state index >= 15 is 0 Å². The number of carbonyl (C=O) groups excluding carboxylic acids is 2. The van der Waals surface area contributed by atoms with Crippen molar-refractivity contribution in [3.63, 3.8) is 0 Å². The summed E-state index contributed by atoms with van der Waals surface area (Å²) in [7, 11) is 0. The van der Waals surface area contributed by atoms with E-state index in [9.17, 15) is 9.59 Å². The number of nitrogens with zero attached hydrogens (tertiary/aromatic N) is 1. The molecule has 0 spiro atoms. The number of rotatable bonds is 11. The lowest BCUT2D eigenvalue weighted by Crippen LogP contribution is -2.51. The molecule has 0 unspecified atom stereocenters. The maximum absolute atomic E-state index is 13.5. The molecule has 0 bridgehead atoms. The number of hydrogen-bond acceptors (Lipinski definition) is 3. The van der Waals surface area contributed by atoms with Crippen LogP contribution >= 0.6 is 35.0 Å². The van der Waals surface area contributed by atoms with Crippen molar-refractivity contribution in [1.82, 2.24) is 10.2 Å². The minimum Gasteiger partial charge on any atom is -0.355 e. The Morgan fingerprint density at radius 1 is 0.914 bits per heavy atom. The van der Waals surface area contributed by atoms with Gasteiger partial charge in [0.1, 0.15) is 6.04 Å². The number of benzene rings is 3. The molecule has 0 aromatic heterocycles. The molecule has 0 saturated carbocycles. The zero-order valence-corrected chi connectivity index (χ0v) is 22.3. The standard InChI is InChI=1S/C28H30Cl2N2O2S/c1-3-31-28(34)26(16-21-7-5-4-6-8-21)32(17-22-11-9-20(2)10-12-22)27(33)19-35-18-23-13-14-24(29)25(30)15-23/h4-15,26H,3,16-19H2,1-2H3,(H,31,34)/t26-/m1/s1. The molecular weight excluding hydrogens is 499 g/mol. The monoisotopic (exact) mass is 528 g/mol. The molecule has 1 atom stereocenters. The first-order valence-corrected chi connectivity index (χ1v) is 13.5. The number of halogens is 2. The summed E-state index contributed by atoms with van der Waals surface area (Å²) in [5.74, 6) is 0.636. The Kier molecular flexibility index (Phi) is 10.5. The predicted octanol–water partition coefficient (Wildman–Crippen LogP) is 6.31. The third-order valence-electron chi connectivity index (χ3n) is 5.57. The van der Waals surface area contributed by atoms with Gasteiger partial charge < -0.3 is 10.2 Å². The molecule has 0 aliphatic rings. The summed E-state index contributed by atoms with van der Waals surface area (Å²) >= 11 is 13.6. The van der Waals surface area contributed by atoms with E-state index in [1.54, 1.807) is 11.0 Å². The van der Waals surface area contributed by atoms with Crippen LogP contribution in [0, 0.1) is 6.92 Å². The van der Waals surface area contributed by atoms with E-state index in [2.05, 4.69) is 5.32 Å². The quantitative estimate of drug-likeness (QED) is 0.317. The Morgan fingerprint density at radius 3 is 2.26 bits per heavy atom. The van der Waals surface area contributed by atoms with Crippen molar-refractivity contribution >= 4 is 46.8 Å². The molecule has 184 valence electrons. The predicted molar refractivity (Wildman–Crippen MR) is 147 cm³/mol. The fraction of sp³-hybridized carbons (Fsp3) is 0.286. The molecule has 35 heavy (non-hydrogen) atoms. The summed E-state index contributed by atoms with van der Waals surface area (Å²) in [6.07, 6.45) is 0.446. The molecule has 0 fully saturated rings. The normalized spacial score (nSPS) is 11.7. The second kappa shape index (κ2) is 13.6.